The summed E-state index contributed by atoms with van der Waals surface area (Å²) in [6.45, 7) is 3.35. The molecular weight excluding hydrogens is 223 g/mol. The highest BCUT2D eigenvalue weighted by Crippen LogP contribution is 2.17. The second-order valence-corrected chi connectivity index (χ2v) is 4.16. The van der Waals surface area contributed by atoms with Crippen LogP contribution in [0.25, 0.3) is 0 Å². The predicted octanol–water partition coefficient (Wildman–Crippen LogP) is 1.27. The van der Waals surface area contributed by atoms with E-state index in [1.54, 1.807) is 4.90 Å². The fourth-order valence-electron chi connectivity index (χ4n) is 1.89. The Labute approximate surface area is 99.2 Å². The highest BCUT2D eigenvalue weighted by atomic mass is 19.1. The lowest BCUT2D eigenvalue weighted by Crippen LogP contribution is -2.47. The van der Waals surface area contributed by atoms with E-state index in [-0.39, 0.29) is 17.5 Å². The van der Waals surface area contributed by atoms with Crippen LogP contribution in [0.5, 0.6) is 0 Å². The van der Waals surface area contributed by atoms with Gasteiger partial charge < -0.3 is 15.4 Å². The van der Waals surface area contributed by atoms with Gasteiger partial charge in [-0.3, -0.25) is 4.79 Å². The molecule has 5 heteroatoms. The lowest BCUT2D eigenvalue weighted by Gasteiger charge is -2.33. The van der Waals surface area contributed by atoms with Crippen molar-refractivity contribution in [1.82, 2.24) is 4.90 Å². The van der Waals surface area contributed by atoms with E-state index in [9.17, 15) is 9.18 Å². The standard InChI is InChI=1S/C12H15FN2O2/c1-8-7-17-5-4-15(8)12(16)10-3-2-9(14)6-11(10)13/h2-3,6,8H,4-5,7,14H2,1H3/t8-/m1/s1. The van der Waals surface area contributed by atoms with Gasteiger partial charge >= 0.3 is 0 Å². The third kappa shape index (κ3) is 2.39. The zero-order valence-electron chi connectivity index (χ0n) is 9.65. The van der Waals surface area contributed by atoms with Crippen molar-refractivity contribution in [3.05, 3.63) is 29.6 Å². The molecule has 0 saturated carbocycles. The molecule has 4 nitrogen and oxygen atoms in total. The van der Waals surface area contributed by atoms with Gasteiger partial charge in [0.25, 0.3) is 5.91 Å². The number of rotatable bonds is 1. The number of carbonyl (C=O) groups is 1. The molecule has 1 amide bonds. The maximum Gasteiger partial charge on any atom is 0.257 e. The molecule has 1 aromatic carbocycles. The third-order valence-corrected chi connectivity index (χ3v) is 2.85. The number of ether oxygens (including phenoxy) is 1. The molecule has 92 valence electrons. The third-order valence-electron chi connectivity index (χ3n) is 2.85. The molecule has 0 aromatic heterocycles. The van der Waals surface area contributed by atoms with Crippen molar-refractivity contribution in [2.24, 2.45) is 0 Å². The minimum Gasteiger partial charge on any atom is -0.399 e. The normalized spacial score (nSPS) is 20.4. The van der Waals surface area contributed by atoms with Crippen LogP contribution in [-0.2, 0) is 4.74 Å². The van der Waals surface area contributed by atoms with Crippen LogP contribution in [0.15, 0.2) is 18.2 Å². The first-order valence-corrected chi connectivity index (χ1v) is 5.53. The van der Waals surface area contributed by atoms with Crippen LogP contribution < -0.4 is 5.73 Å². The van der Waals surface area contributed by atoms with Crippen LogP contribution in [0, 0.1) is 5.82 Å². The number of hydrogen-bond acceptors (Lipinski definition) is 3. The van der Waals surface area contributed by atoms with Crippen molar-refractivity contribution in [3.63, 3.8) is 0 Å². The number of nitrogen functional groups attached to an aromatic ring is 1. The zero-order valence-corrected chi connectivity index (χ0v) is 9.65. The number of morpholine rings is 1. The van der Waals surface area contributed by atoms with Gasteiger partial charge in [-0.25, -0.2) is 4.39 Å². The second-order valence-electron chi connectivity index (χ2n) is 4.16. The van der Waals surface area contributed by atoms with Gasteiger partial charge in [0.1, 0.15) is 5.82 Å². The van der Waals surface area contributed by atoms with Crippen molar-refractivity contribution < 1.29 is 13.9 Å². The number of benzene rings is 1. The number of anilines is 1. The Hall–Kier alpha value is -1.62. The van der Waals surface area contributed by atoms with Gasteiger partial charge in [-0.2, -0.15) is 0 Å². The smallest absolute Gasteiger partial charge is 0.257 e. The Morgan fingerprint density at radius 1 is 1.59 bits per heavy atom. The molecule has 1 aromatic rings. The molecule has 0 aliphatic carbocycles. The summed E-state index contributed by atoms with van der Waals surface area (Å²) in [6.07, 6.45) is 0. The van der Waals surface area contributed by atoms with Gasteiger partial charge in [-0.1, -0.05) is 0 Å². The molecule has 0 unspecified atom stereocenters. The van der Waals surface area contributed by atoms with E-state index in [1.165, 1.54) is 18.2 Å². The fraction of sp³-hybridized carbons (Fsp3) is 0.417. The van der Waals surface area contributed by atoms with Crippen molar-refractivity contribution in [2.75, 3.05) is 25.5 Å². The number of amides is 1. The van der Waals surface area contributed by atoms with Crippen molar-refractivity contribution in [3.8, 4) is 0 Å². The van der Waals surface area contributed by atoms with Crippen LogP contribution in [-0.4, -0.2) is 36.6 Å². The number of carbonyl (C=O) groups excluding carboxylic acids is 1. The predicted molar refractivity (Wildman–Crippen MR) is 62.1 cm³/mol. The Balaban J connectivity index is 2.24. The summed E-state index contributed by atoms with van der Waals surface area (Å²) in [7, 11) is 0. The first-order valence-electron chi connectivity index (χ1n) is 5.53. The molecule has 1 fully saturated rings. The van der Waals surface area contributed by atoms with Gasteiger partial charge in [0, 0.05) is 12.2 Å². The molecule has 2 N–H and O–H groups in total. The van der Waals surface area contributed by atoms with Crippen molar-refractivity contribution in [2.45, 2.75) is 13.0 Å². The summed E-state index contributed by atoms with van der Waals surface area (Å²) in [6, 6.07) is 4.09. The maximum absolute atomic E-state index is 13.6. The second kappa shape index (κ2) is 4.71. The van der Waals surface area contributed by atoms with Gasteiger partial charge in [0.15, 0.2) is 0 Å². The summed E-state index contributed by atoms with van der Waals surface area (Å²) in [5.41, 5.74) is 5.83. The monoisotopic (exact) mass is 238 g/mol. The van der Waals surface area contributed by atoms with Crippen molar-refractivity contribution in [1.29, 1.82) is 0 Å². The Morgan fingerprint density at radius 3 is 3.00 bits per heavy atom. The Morgan fingerprint density at radius 2 is 2.35 bits per heavy atom. The van der Waals surface area contributed by atoms with E-state index in [0.29, 0.717) is 25.4 Å². The summed E-state index contributed by atoms with van der Waals surface area (Å²) in [5, 5.41) is 0. The molecule has 17 heavy (non-hydrogen) atoms. The molecule has 1 atom stereocenters. The van der Waals surface area contributed by atoms with Gasteiger partial charge in [0.2, 0.25) is 0 Å². The van der Waals surface area contributed by atoms with Crippen molar-refractivity contribution >= 4 is 11.6 Å². The van der Waals surface area contributed by atoms with Gasteiger partial charge in [0.05, 0.1) is 24.8 Å². The molecule has 1 heterocycles. The number of hydrogen-bond donors (Lipinski definition) is 1. The average Bonchev–Trinajstić information content (AvgIpc) is 2.29. The Kier molecular flexibility index (Phi) is 3.28. The lowest BCUT2D eigenvalue weighted by atomic mass is 10.1. The maximum atomic E-state index is 13.6. The molecule has 1 saturated heterocycles. The van der Waals surface area contributed by atoms with E-state index >= 15 is 0 Å². The number of nitrogens with two attached hydrogens (primary N) is 1. The quantitative estimate of drug-likeness (QED) is 0.749. The zero-order chi connectivity index (χ0) is 12.4. The molecule has 0 radical (unpaired) electrons. The summed E-state index contributed by atoms with van der Waals surface area (Å²) >= 11 is 0. The van der Waals surface area contributed by atoms with E-state index < -0.39 is 5.82 Å². The number of nitrogens with zero attached hydrogens (tertiary/aromatic N) is 1. The van der Waals surface area contributed by atoms with Crippen LogP contribution in [0.1, 0.15) is 17.3 Å². The molecule has 0 bridgehead atoms. The van der Waals surface area contributed by atoms with E-state index in [4.69, 9.17) is 10.5 Å². The minimum absolute atomic E-state index is 0.0341. The lowest BCUT2D eigenvalue weighted by molar-refractivity contribution is 0.00335. The van der Waals surface area contributed by atoms with Crippen LogP contribution in [0.4, 0.5) is 10.1 Å². The Bertz CT molecular complexity index is 437. The molecular formula is C12H15FN2O2. The van der Waals surface area contributed by atoms with Gasteiger partial charge in [-0.15, -0.1) is 0 Å². The summed E-state index contributed by atoms with van der Waals surface area (Å²) in [5.74, 6) is -0.882. The minimum atomic E-state index is -0.575. The SMILES string of the molecule is C[C@@H]1COCCN1C(=O)c1ccc(N)cc1F. The summed E-state index contributed by atoms with van der Waals surface area (Å²) in [4.78, 5) is 13.8. The van der Waals surface area contributed by atoms with E-state index in [2.05, 4.69) is 0 Å². The average molecular weight is 238 g/mol. The molecule has 0 spiro atoms. The molecule has 2 rings (SSSR count). The highest BCUT2D eigenvalue weighted by molar-refractivity contribution is 5.95. The summed E-state index contributed by atoms with van der Waals surface area (Å²) < 4.78 is 18.9. The molecule has 1 aliphatic heterocycles. The number of halogens is 1. The van der Waals surface area contributed by atoms with Gasteiger partial charge in [-0.05, 0) is 25.1 Å². The van der Waals surface area contributed by atoms with E-state index in [0.717, 1.165) is 0 Å². The molecule has 1 aliphatic rings. The largest absolute Gasteiger partial charge is 0.399 e. The first kappa shape index (κ1) is 11.9. The fourth-order valence-corrected chi connectivity index (χ4v) is 1.89. The topological polar surface area (TPSA) is 55.6 Å². The van der Waals surface area contributed by atoms with Crippen LogP contribution in [0.3, 0.4) is 0 Å². The first-order chi connectivity index (χ1) is 8.09. The van der Waals surface area contributed by atoms with E-state index in [1.807, 2.05) is 6.92 Å². The van der Waals surface area contributed by atoms with Crippen LogP contribution >= 0.6 is 0 Å². The highest BCUT2D eigenvalue weighted by Gasteiger charge is 2.26. The van der Waals surface area contributed by atoms with Crippen LogP contribution in [0.2, 0.25) is 0 Å².